The van der Waals surface area contributed by atoms with E-state index in [1.807, 2.05) is 27.7 Å². The number of hydrogen-bond acceptors (Lipinski definition) is 3. The molecule has 0 saturated carbocycles. The van der Waals surface area contributed by atoms with Crippen molar-refractivity contribution in [3.8, 4) is 0 Å². The van der Waals surface area contributed by atoms with Gasteiger partial charge >= 0.3 is 7.12 Å². The molecule has 0 spiro atoms. The molecule has 0 aromatic heterocycles. The predicted molar refractivity (Wildman–Crippen MR) is 79.7 cm³/mol. The molecule has 1 aliphatic heterocycles. The molecule has 0 radical (unpaired) electrons. The Labute approximate surface area is 125 Å². The number of benzene rings is 1. The standard InChI is InChI=1S/C15H22BF2NO2/c1-13(2)14(3,4)21-16(20-13)11-8-6-10(7-9-11)12(19)15(5,17)18/h6-9,12H,19H2,1-5H3/t12-/m0/s1. The second kappa shape index (κ2) is 5.04. The largest absolute Gasteiger partial charge is 0.494 e. The fourth-order valence-electron chi connectivity index (χ4n) is 2.13. The lowest BCUT2D eigenvalue weighted by Crippen LogP contribution is -2.41. The summed E-state index contributed by atoms with van der Waals surface area (Å²) in [4.78, 5) is 0. The van der Waals surface area contributed by atoms with E-state index in [2.05, 4.69) is 0 Å². The summed E-state index contributed by atoms with van der Waals surface area (Å²) in [5, 5.41) is 0. The summed E-state index contributed by atoms with van der Waals surface area (Å²) in [6.07, 6.45) is 0. The van der Waals surface area contributed by atoms with Crippen LogP contribution >= 0.6 is 0 Å². The lowest BCUT2D eigenvalue weighted by Gasteiger charge is -2.32. The average Bonchev–Trinajstić information content (AvgIpc) is 2.57. The molecule has 1 saturated heterocycles. The average molecular weight is 297 g/mol. The highest BCUT2D eigenvalue weighted by Crippen LogP contribution is 2.36. The van der Waals surface area contributed by atoms with E-state index < -0.39 is 30.3 Å². The molecule has 0 amide bonds. The second-order valence-corrected chi connectivity index (χ2v) is 6.69. The summed E-state index contributed by atoms with van der Waals surface area (Å²) >= 11 is 0. The fraction of sp³-hybridized carbons (Fsp3) is 0.600. The Kier molecular flexibility index (Phi) is 3.93. The molecule has 0 bridgehead atoms. The van der Waals surface area contributed by atoms with Crippen LogP contribution in [0.5, 0.6) is 0 Å². The maximum absolute atomic E-state index is 13.2. The zero-order valence-corrected chi connectivity index (χ0v) is 13.1. The van der Waals surface area contributed by atoms with Crippen molar-refractivity contribution in [1.29, 1.82) is 0 Å². The van der Waals surface area contributed by atoms with Gasteiger partial charge in [-0.1, -0.05) is 24.3 Å². The van der Waals surface area contributed by atoms with Crippen molar-refractivity contribution in [3.63, 3.8) is 0 Å². The maximum Gasteiger partial charge on any atom is 0.494 e. The first-order valence-electron chi connectivity index (χ1n) is 7.03. The highest BCUT2D eigenvalue weighted by molar-refractivity contribution is 6.62. The van der Waals surface area contributed by atoms with E-state index in [9.17, 15) is 8.78 Å². The van der Waals surface area contributed by atoms with Crippen LogP contribution in [0.2, 0.25) is 0 Å². The van der Waals surface area contributed by atoms with Crippen molar-refractivity contribution >= 4 is 12.6 Å². The van der Waals surface area contributed by atoms with E-state index in [4.69, 9.17) is 15.0 Å². The second-order valence-electron chi connectivity index (χ2n) is 6.69. The number of alkyl halides is 2. The van der Waals surface area contributed by atoms with E-state index in [0.717, 1.165) is 12.4 Å². The van der Waals surface area contributed by atoms with Gasteiger partial charge in [0.05, 0.1) is 17.2 Å². The van der Waals surface area contributed by atoms with E-state index in [-0.39, 0.29) is 0 Å². The van der Waals surface area contributed by atoms with Crippen LogP contribution in [0.4, 0.5) is 8.78 Å². The molecular weight excluding hydrogens is 275 g/mol. The Morgan fingerprint density at radius 1 is 1.05 bits per heavy atom. The molecule has 3 nitrogen and oxygen atoms in total. The third-order valence-electron chi connectivity index (χ3n) is 4.37. The molecule has 1 atom stereocenters. The molecule has 21 heavy (non-hydrogen) atoms. The minimum absolute atomic E-state index is 0.391. The van der Waals surface area contributed by atoms with Crippen LogP contribution in [0.3, 0.4) is 0 Å². The molecule has 2 N–H and O–H groups in total. The molecule has 1 aromatic rings. The van der Waals surface area contributed by atoms with Crippen molar-refractivity contribution in [2.45, 2.75) is 57.8 Å². The summed E-state index contributed by atoms with van der Waals surface area (Å²) in [6, 6.07) is 5.33. The lowest BCUT2D eigenvalue weighted by atomic mass is 9.78. The van der Waals surface area contributed by atoms with Gasteiger partial charge in [0.15, 0.2) is 0 Å². The first kappa shape index (κ1) is 16.4. The minimum Gasteiger partial charge on any atom is -0.399 e. The Balaban J connectivity index is 2.18. The summed E-state index contributed by atoms with van der Waals surface area (Å²) in [7, 11) is -0.498. The minimum atomic E-state index is -2.95. The van der Waals surface area contributed by atoms with Gasteiger partial charge in [0, 0.05) is 6.92 Å². The van der Waals surface area contributed by atoms with Crippen molar-refractivity contribution in [2.75, 3.05) is 0 Å². The highest BCUT2D eigenvalue weighted by atomic mass is 19.3. The normalized spacial score (nSPS) is 22.4. The van der Waals surface area contributed by atoms with Gasteiger partial charge in [-0.05, 0) is 38.7 Å². The van der Waals surface area contributed by atoms with E-state index >= 15 is 0 Å². The van der Waals surface area contributed by atoms with E-state index in [1.165, 1.54) is 0 Å². The molecule has 0 aliphatic carbocycles. The summed E-state index contributed by atoms with van der Waals surface area (Å²) in [6.45, 7) is 8.69. The van der Waals surface area contributed by atoms with Gasteiger partial charge in [-0.2, -0.15) is 0 Å². The molecule has 1 fully saturated rings. The Bertz CT molecular complexity index is 495. The van der Waals surface area contributed by atoms with Crippen molar-refractivity contribution in [2.24, 2.45) is 5.73 Å². The van der Waals surface area contributed by atoms with E-state index in [0.29, 0.717) is 5.56 Å². The van der Waals surface area contributed by atoms with E-state index in [1.54, 1.807) is 24.3 Å². The summed E-state index contributed by atoms with van der Waals surface area (Å²) < 4.78 is 38.3. The fourth-order valence-corrected chi connectivity index (χ4v) is 2.13. The molecular formula is C15H22BF2NO2. The number of nitrogens with two attached hydrogens (primary N) is 1. The highest BCUT2D eigenvalue weighted by Gasteiger charge is 2.51. The van der Waals surface area contributed by atoms with Crippen molar-refractivity contribution < 1.29 is 18.1 Å². The monoisotopic (exact) mass is 297 g/mol. The molecule has 0 unspecified atom stereocenters. The molecule has 116 valence electrons. The van der Waals surface area contributed by atoms with Crippen LogP contribution in [-0.4, -0.2) is 24.2 Å². The van der Waals surface area contributed by atoms with Crippen LogP contribution in [0.1, 0.15) is 46.2 Å². The molecule has 1 heterocycles. The van der Waals surface area contributed by atoms with Crippen LogP contribution in [0.15, 0.2) is 24.3 Å². The zero-order chi connectivity index (χ0) is 16.1. The van der Waals surface area contributed by atoms with Gasteiger partial charge < -0.3 is 15.0 Å². The summed E-state index contributed by atoms with van der Waals surface area (Å²) in [5.41, 5.74) is 5.88. The third kappa shape index (κ3) is 3.12. The van der Waals surface area contributed by atoms with Crippen molar-refractivity contribution in [1.82, 2.24) is 0 Å². The molecule has 1 aliphatic rings. The Morgan fingerprint density at radius 2 is 1.48 bits per heavy atom. The van der Waals surface area contributed by atoms with Gasteiger partial charge in [-0.15, -0.1) is 0 Å². The first-order chi connectivity index (χ1) is 9.44. The van der Waals surface area contributed by atoms with Gasteiger partial charge in [0.1, 0.15) is 0 Å². The Hall–Kier alpha value is -0.975. The number of rotatable bonds is 3. The molecule has 6 heteroatoms. The Morgan fingerprint density at radius 3 is 1.86 bits per heavy atom. The van der Waals surface area contributed by atoms with Gasteiger partial charge in [-0.25, -0.2) is 8.78 Å². The number of halogens is 2. The molecule has 1 aromatic carbocycles. The maximum atomic E-state index is 13.2. The first-order valence-corrected chi connectivity index (χ1v) is 7.03. The SMILES string of the molecule is CC(F)(F)[C@@H](N)c1ccc(B2OC(C)(C)C(C)(C)O2)cc1. The van der Waals surface area contributed by atoms with Crippen LogP contribution < -0.4 is 11.2 Å². The lowest BCUT2D eigenvalue weighted by molar-refractivity contribution is -0.00618. The topological polar surface area (TPSA) is 44.5 Å². The smallest absolute Gasteiger partial charge is 0.399 e. The van der Waals surface area contributed by atoms with Crippen LogP contribution in [0.25, 0.3) is 0 Å². The molecule has 2 rings (SSSR count). The predicted octanol–water partition coefficient (Wildman–Crippen LogP) is 2.64. The third-order valence-corrected chi connectivity index (χ3v) is 4.37. The van der Waals surface area contributed by atoms with Gasteiger partial charge in [0.2, 0.25) is 0 Å². The van der Waals surface area contributed by atoms with Crippen LogP contribution in [0, 0.1) is 0 Å². The van der Waals surface area contributed by atoms with Gasteiger partial charge in [-0.3, -0.25) is 0 Å². The zero-order valence-electron chi connectivity index (χ0n) is 13.1. The summed E-state index contributed by atoms with van der Waals surface area (Å²) in [5.74, 6) is -2.95. The van der Waals surface area contributed by atoms with Crippen LogP contribution in [-0.2, 0) is 9.31 Å². The quantitative estimate of drug-likeness (QED) is 0.872. The van der Waals surface area contributed by atoms with Crippen molar-refractivity contribution in [3.05, 3.63) is 29.8 Å². The number of hydrogen-bond donors (Lipinski definition) is 1. The van der Waals surface area contributed by atoms with Gasteiger partial charge in [0.25, 0.3) is 5.92 Å².